The zero-order chi connectivity index (χ0) is 18.8. The van der Waals surface area contributed by atoms with Crippen molar-refractivity contribution in [2.45, 2.75) is 37.5 Å². The van der Waals surface area contributed by atoms with Crippen LogP contribution in [0.1, 0.15) is 19.3 Å². The van der Waals surface area contributed by atoms with Gasteiger partial charge in [0.2, 0.25) is 5.91 Å². The number of carbonyl (C=O) groups excluding carboxylic acids is 1. The number of nitrogens with one attached hydrogen (secondary N) is 2. The quantitative estimate of drug-likeness (QED) is 0.858. The van der Waals surface area contributed by atoms with Crippen LogP contribution in [0.25, 0.3) is 11.0 Å². The Morgan fingerprint density at radius 1 is 1.41 bits per heavy atom. The summed E-state index contributed by atoms with van der Waals surface area (Å²) >= 11 is 0. The molecule has 7 nitrogen and oxygen atoms in total. The van der Waals surface area contributed by atoms with Gasteiger partial charge in [0.15, 0.2) is 0 Å². The molecule has 0 bridgehead atoms. The number of rotatable bonds is 4. The van der Waals surface area contributed by atoms with Crippen LogP contribution in [-0.4, -0.2) is 70.1 Å². The number of benzene rings is 1. The molecular formula is C19H23FN6O. The molecule has 0 spiro atoms. The maximum absolute atomic E-state index is 13.5. The molecule has 1 aromatic heterocycles. The number of hydrogen-bond acceptors (Lipinski definition) is 5. The fourth-order valence-electron chi connectivity index (χ4n) is 4.01. The van der Waals surface area contributed by atoms with Crippen LogP contribution in [0.2, 0.25) is 0 Å². The van der Waals surface area contributed by atoms with Gasteiger partial charge in [0, 0.05) is 25.6 Å². The number of imidazole rings is 1. The first-order valence-corrected chi connectivity index (χ1v) is 9.38. The Bertz CT molecular complexity index is 853. The number of anilines is 1. The Kier molecular flexibility index (Phi) is 4.94. The molecule has 2 fully saturated rings. The van der Waals surface area contributed by atoms with Gasteiger partial charge in [-0.25, -0.2) is 9.37 Å². The lowest BCUT2D eigenvalue weighted by atomic mass is 10.0. The fourth-order valence-corrected chi connectivity index (χ4v) is 4.01. The molecule has 1 amide bonds. The molecule has 2 saturated heterocycles. The van der Waals surface area contributed by atoms with Crippen molar-refractivity contribution in [1.82, 2.24) is 19.8 Å². The summed E-state index contributed by atoms with van der Waals surface area (Å²) in [4.78, 5) is 23.4. The van der Waals surface area contributed by atoms with E-state index in [1.54, 1.807) is 6.33 Å². The number of likely N-dealkylation sites (tertiary alicyclic amines) is 2. The van der Waals surface area contributed by atoms with E-state index >= 15 is 0 Å². The summed E-state index contributed by atoms with van der Waals surface area (Å²) in [6, 6.07) is 7.75. The molecule has 1 aromatic carbocycles. The first kappa shape index (κ1) is 17.7. The summed E-state index contributed by atoms with van der Waals surface area (Å²) < 4.78 is 13.5. The van der Waals surface area contributed by atoms with Crippen LogP contribution in [0, 0.1) is 11.3 Å². The van der Waals surface area contributed by atoms with Crippen molar-refractivity contribution >= 4 is 22.6 Å². The minimum Gasteiger partial charge on any atom is -0.380 e. The molecule has 8 heteroatoms. The molecule has 0 aliphatic carbocycles. The van der Waals surface area contributed by atoms with Gasteiger partial charge in [-0.15, -0.1) is 0 Å². The summed E-state index contributed by atoms with van der Waals surface area (Å²) in [6.45, 7) is 1.90. The average molecular weight is 370 g/mol. The summed E-state index contributed by atoms with van der Waals surface area (Å²) in [6.07, 6.45) is 2.58. The number of aromatic nitrogens is 2. The van der Waals surface area contributed by atoms with Crippen LogP contribution in [0.15, 0.2) is 24.5 Å². The minimum absolute atomic E-state index is 0.0449. The van der Waals surface area contributed by atoms with Gasteiger partial charge >= 0.3 is 0 Å². The molecule has 2 atom stereocenters. The zero-order valence-corrected chi connectivity index (χ0v) is 15.1. The van der Waals surface area contributed by atoms with Crippen molar-refractivity contribution in [2.75, 3.05) is 31.5 Å². The number of halogens is 1. The number of para-hydroxylation sites is 1. The number of nitrogens with zero attached hydrogens (tertiary/aromatic N) is 4. The number of nitriles is 1. The van der Waals surface area contributed by atoms with E-state index < -0.39 is 12.2 Å². The van der Waals surface area contributed by atoms with E-state index in [4.69, 9.17) is 5.26 Å². The van der Waals surface area contributed by atoms with Crippen LogP contribution >= 0.6 is 0 Å². The summed E-state index contributed by atoms with van der Waals surface area (Å²) in [7, 11) is 0. The van der Waals surface area contributed by atoms with Gasteiger partial charge in [-0.1, -0.05) is 6.07 Å². The van der Waals surface area contributed by atoms with E-state index in [1.165, 1.54) is 4.90 Å². The average Bonchev–Trinajstić information content (AvgIpc) is 3.30. The third kappa shape index (κ3) is 3.74. The largest absolute Gasteiger partial charge is 0.380 e. The Labute approximate surface area is 157 Å². The van der Waals surface area contributed by atoms with Crippen molar-refractivity contribution in [3.63, 3.8) is 0 Å². The van der Waals surface area contributed by atoms with Crippen LogP contribution < -0.4 is 5.32 Å². The van der Waals surface area contributed by atoms with Crippen LogP contribution in [0.5, 0.6) is 0 Å². The second-order valence-corrected chi connectivity index (χ2v) is 7.32. The van der Waals surface area contributed by atoms with Gasteiger partial charge < -0.3 is 15.2 Å². The maximum atomic E-state index is 13.5. The lowest BCUT2D eigenvalue weighted by Crippen LogP contribution is -2.46. The highest BCUT2D eigenvalue weighted by Gasteiger charge is 2.36. The summed E-state index contributed by atoms with van der Waals surface area (Å²) in [5, 5.41) is 12.7. The van der Waals surface area contributed by atoms with E-state index in [9.17, 15) is 9.18 Å². The smallest absolute Gasteiger partial charge is 0.237 e. The molecule has 0 radical (unpaired) electrons. The Hall–Kier alpha value is -2.66. The van der Waals surface area contributed by atoms with E-state index in [2.05, 4.69) is 20.2 Å². The van der Waals surface area contributed by atoms with Crippen molar-refractivity contribution in [3.8, 4) is 6.07 Å². The first-order chi connectivity index (χ1) is 13.1. The third-order valence-electron chi connectivity index (χ3n) is 5.48. The SMILES string of the molecule is N#CC1C[C@H](F)CN1C(=O)CN1CCC(Nc2cccc3nc[nH]c23)CC1. The molecule has 142 valence electrons. The number of aromatic amines is 1. The van der Waals surface area contributed by atoms with Gasteiger partial charge in [-0.05, 0) is 25.0 Å². The number of amides is 1. The van der Waals surface area contributed by atoms with E-state index in [1.807, 2.05) is 24.3 Å². The molecule has 2 aliphatic heterocycles. The highest BCUT2D eigenvalue weighted by atomic mass is 19.1. The highest BCUT2D eigenvalue weighted by Crippen LogP contribution is 2.24. The summed E-state index contributed by atoms with van der Waals surface area (Å²) in [5.74, 6) is -0.143. The van der Waals surface area contributed by atoms with Crippen LogP contribution in [0.4, 0.5) is 10.1 Å². The number of carbonyl (C=O) groups is 1. The molecular weight excluding hydrogens is 347 g/mol. The molecule has 1 unspecified atom stereocenters. The highest BCUT2D eigenvalue weighted by molar-refractivity contribution is 5.87. The molecule has 2 aliphatic rings. The fraction of sp³-hybridized carbons (Fsp3) is 0.526. The van der Waals surface area contributed by atoms with Crippen molar-refractivity contribution in [1.29, 1.82) is 5.26 Å². The number of fused-ring (bicyclic) bond motifs is 1. The molecule has 2 aromatic rings. The Morgan fingerprint density at radius 2 is 2.22 bits per heavy atom. The van der Waals surface area contributed by atoms with Gasteiger partial charge in [0.25, 0.3) is 0 Å². The number of alkyl halides is 1. The molecule has 27 heavy (non-hydrogen) atoms. The van der Waals surface area contributed by atoms with Gasteiger partial charge in [0.1, 0.15) is 12.2 Å². The minimum atomic E-state index is -1.08. The van der Waals surface area contributed by atoms with Gasteiger partial charge in [-0.2, -0.15) is 5.26 Å². The monoisotopic (exact) mass is 370 g/mol. The predicted octanol–water partition coefficient (Wildman–Crippen LogP) is 1.90. The lowest BCUT2D eigenvalue weighted by Gasteiger charge is -2.33. The summed E-state index contributed by atoms with van der Waals surface area (Å²) in [5.41, 5.74) is 2.99. The van der Waals surface area contributed by atoms with Crippen molar-refractivity contribution < 1.29 is 9.18 Å². The van der Waals surface area contributed by atoms with E-state index in [-0.39, 0.29) is 25.4 Å². The van der Waals surface area contributed by atoms with Crippen LogP contribution in [-0.2, 0) is 4.79 Å². The Morgan fingerprint density at radius 3 is 3.00 bits per heavy atom. The van der Waals surface area contributed by atoms with Gasteiger partial charge in [-0.3, -0.25) is 9.69 Å². The number of piperidine rings is 1. The Balaban J connectivity index is 1.30. The lowest BCUT2D eigenvalue weighted by molar-refractivity contribution is -0.132. The van der Waals surface area contributed by atoms with Crippen LogP contribution in [0.3, 0.4) is 0 Å². The van der Waals surface area contributed by atoms with Crippen molar-refractivity contribution in [2.24, 2.45) is 0 Å². The predicted molar refractivity (Wildman–Crippen MR) is 99.8 cm³/mol. The van der Waals surface area contributed by atoms with E-state index in [0.29, 0.717) is 6.04 Å². The van der Waals surface area contributed by atoms with Crippen molar-refractivity contribution in [3.05, 3.63) is 24.5 Å². The molecule has 2 N–H and O–H groups in total. The number of hydrogen-bond donors (Lipinski definition) is 2. The molecule has 0 saturated carbocycles. The molecule has 3 heterocycles. The first-order valence-electron chi connectivity index (χ1n) is 9.38. The second-order valence-electron chi connectivity index (χ2n) is 7.32. The van der Waals surface area contributed by atoms with Gasteiger partial charge in [0.05, 0.1) is 42.2 Å². The third-order valence-corrected chi connectivity index (χ3v) is 5.48. The second kappa shape index (κ2) is 7.53. The van der Waals surface area contributed by atoms with E-state index in [0.717, 1.165) is 42.7 Å². The normalized spacial score (nSPS) is 24.2. The molecule has 4 rings (SSSR count). The topological polar surface area (TPSA) is 88.1 Å². The standard InChI is InChI=1S/C19H23FN6O/c20-13-8-15(9-21)26(10-13)18(27)11-25-6-4-14(5-7-25)24-17-3-1-2-16-19(17)23-12-22-16/h1-3,12-15,24H,4-8,10-11H2,(H,22,23)/t13-,15?/m0/s1. The number of H-pyrrole nitrogens is 1. The maximum Gasteiger partial charge on any atom is 0.237 e. The zero-order valence-electron chi connectivity index (χ0n) is 15.1.